The largest absolute Gasteiger partial charge is 0.379 e. The van der Waals surface area contributed by atoms with E-state index < -0.39 is 0 Å². The molecule has 2 fully saturated rings. The molecule has 1 spiro atoms. The Labute approximate surface area is 124 Å². The molecular weight excluding hydrogens is 270 g/mol. The van der Waals surface area contributed by atoms with Crippen LogP contribution in [0.5, 0.6) is 0 Å². The van der Waals surface area contributed by atoms with Gasteiger partial charge in [0, 0.05) is 37.6 Å². The van der Waals surface area contributed by atoms with E-state index in [1.165, 1.54) is 11.0 Å². The van der Waals surface area contributed by atoms with E-state index in [1.807, 2.05) is 4.90 Å². The van der Waals surface area contributed by atoms with Gasteiger partial charge in [-0.3, -0.25) is 4.90 Å². The van der Waals surface area contributed by atoms with E-state index in [2.05, 4.69) is 28.8 Å². The number of amides is 1. The maximum atomic E-state index is 12.3. The first-order valence-electron chi connectivity index (χ1n) is 7.48. The quantitative estimate of drug-likeness (QED) is 0.758. The molecule has 0 atom stereocenters. The minimum atomic E-state index is -0.0958. The first kappa shape index (κ1) is 14.5. The van der Waals surface area contributed by atoms with Gasteiger partial charge in [0.25, 0.3) is 0 Å². The molecule has 0 radical (unpaired) electrons. The molecule has 7 heteroatoms. The molecule has 2 aliphatic rings. The van der Waals surface area contributed by atoms with Gasteiger partial charge in [-0.2, -0.15) is 4.68 Å². The van der Waals surface area contributed by atoms with Gasteiger partial charge >= 0.3 is 6.03 Å². The standard InChI is InChI=1S/C14H23N5O2/c1-11(2)17-4-5-21-9-14(6-17)7-18(8-14)13(20)19-10-15-12(3)16-19/h10-11H,4-9H2,1-3H3. The van der Waals surface area contributed by atoms with Gasteiger partial charge in [0.1, 0.15) is 12.2 Å². The predicted octanol–water partition coefficient (Wildman–Crippen LogP) is 0.597. The summed E-state index contributed by atoms with van der Waals surface area (Å²) in [6.45, 7) is 11.1. The highest BCUT2D eigenvalue weighted by molar-refractivity contribution is 5.76. The van der Waals surface area contributed by atoms with Crippen molar-refractivity contribution < 1.29 is 9.53 Å². The van der Waals surface area contributed by atoms with Gasteiger partial charge in [-0.1, -0.05) is 0 Å². The summed E-state index contributed by atoms with van der Waals surface area (Å²) in [5.74, 6) is 0.613. The van der Waals surface area contributed by atoms with E-state index in [4.69, 9.17) is 4.74 Å². The Bertz CT molecular complexity index is 521. The second-order valence-electron chi connectivity index (χ2n) is 6.49. The highest BCUT2D eigenvalue weighted by Gasteiger charge is 2.48. The average Bonchev–Trinajstić information content (AvgIpc) is 2.71. The van der Waals surface area contributed by atoms with E-state index in [0.717, 1.165) is 39.4 Å². The van der Waals surface area contributed by atoms with Gasteiger partial charge in [0.2, 0.25) is 0 Å². The fourth-order valence-corrected chi connectivity index (χ4v) is 3.14. The number of nitrogens with zero attached hydrogens (tertiary/aromatic N) is 5. The Morgan fingerprint density at radius 3 is 2.76 bits per heavy atom. The van der Waals surface area contributed by atoms with Crippen molar-refractivity contribution in [3.05, 3.63) is 12.2 Å². The number of ether oxygens (including phenoxy) is 1. The molecule has 1 amide bonds. The molecule has 0 aliphatic carbocycles. The van der Waals surface area contributed by atoms with Crippen molar-refractivity contribution in [2.45, 2.75) is 26.8 Å². The molecule has 116 valence electrons. The van der Waals surface area contributed by atoms with Gasteiger partial charge in [0.05, 0.1) is 13.2 Å². The molecule has 21 heavy (non-hydrogen) atoms. The lowest BCUT2D eigenvalue weighted by atomic mass is 9.80. The SMILES string of the molecule is Cc1ncn(C(=O)N2CC3(COCCN(C(C)C)C3)C2)n1. The van der Waals surface area contributed by atoms with Crippen molar-refractivity contribution in [2.75, 3.05) is 39.4 Å². The average molecular weight is 293 g/mol. The lowest BCUT2D eigenvalue weighted by Gasteiger charge is -2.50. The number of aryl methyl sites for hydroxylation is 1. The molecule has 2 saturated heterocycles. The van der Waals surface area contributed by atoms with Crippen LogP contribution in [0.2, 0.25) is 0 Å². The normalized spacial score (nSPS) is 22.4. The van der Waals surface area contributed by atoms with Gasteiger partial charge < -0.3 is 9.64 Å². The van der Waals surface area contributed by atoms with Crippen molar-refractivity contribution in [3.63, 3.8) is 0 Å². The van der Waals surface area contributed by atoms with Crippen molar-refractivity contribution >= 4 is 6.03 Å². The van der Waals surface area contributed by atoms with Crippen LogP contribution in [0.4, 0.5) is 4.79 Å². The highest BCUT2D eigenvalue weighted by atomic mass is 16.5. The Morgan fingerprint density at radius 1 is 1.38 bits per heavy atom. The number of hydrogen-bond donors (Lipinski definition) is 0. The summed E-state index contributed by atoms with van der Waals surface area (Å²) in [4.78, 5) is 20.6. The number of rotatable bonds is 1. The fraction of sp³-hybridized carbons (Fsp3) is 0.786. The molecule has 0 N–H and O–H groups in total. The zero-order valence-corrected chi connectivity index (χ0v) is 12.9. The topological polar surface area (TPSA) is 63.5 Å². The first-order chi connectivity index (χ1) is 9.99. The third-order valence-corrected chi connectivity index (χ3v) is 4.33. The molecule has 3 rings (SSSR count). The van der Waals surface area contributed by atoms with Gasteiger partial charge in [-0.15, -0.1) is 5.10 Å². The van der Waals surface area contributed by atoms with E-state index in [1.54, 1.807) is 6.92 Å². The van der Waals surface area contributed by atoms with Gasteiger partial charge in [-0.25, -0.2) is 9.78 Å². The van der Waals surface area contributed by atoms with Crippen LogP contribution >= 0.6 is 0 Å². The minimum absolute atomic E-state index is 0.0755. The van der Waals surface area contributed by atoms with Crippen molar-refractivity contribution in [2.24, 2.45) is 5.41 Å². The third-order valence-electron chi connectivity index (χ3n) is 4.33. The summed E-state index contributed by atoms with van der Waals surface area (Å²) >= 11 is 0. The maximum absolute atomic E-state index is 12.3. The number of carbonyl (C=O) groups excluding carboxylic acids is 1. The minimum Gasteiger partial charge on any atom is -0.379 e. The van der Waals surface area contributed by atoms with Crippen molar-refractivity contribution in [3.8, 4) is 0 Å². The molecule has 0 bridgehead atoms. The Kier molecular flexibility index (Phi) is 3.71. The smallest absolute Gasteiger partial charge is 0.346 e. The lowest BCUT2D eigenvalue weighted by Crippen LogP contribution is -2.64. The fourth-order valence-electron chi connectivity index (χ4n) is 3.14. The first-order valence-corrected chi connectivity index (χ1v) is 7.48. The molecule has 1 aromatic rings. The molecule has 0 saturated carbocycles. The molecule has 3 heterocycles. The number of hydrogen-bond acceptors (Lipinski definition) is 5. The molecule has 1 aromatic heterocycles. The van der Waals surface area contributed by atoms with Crippen molar-refractivity contribution in [1.29, 1.82) is 0 Å². The van der Waals surface area contributed by atoms with Crippen LogP contribution in [-0.4, -0.2) is 76.0 Å². The second kappa shape index (κ2) is 5.38. The van der Waals surface area contributed by atoms with Crippen LogP contribution in [0.3, 0.4) is 0 Å². The van der Waals surface area contributed by atoms with Crippen molar-refractivity contribution in [1.82, 2.24) is 24.6 Å². The lowest BCUT2D eigenvalue weighted by molar-refractivity contribution is -0.0379. The molecule has 2 aliphatic heterocycles. The molecule has 7 nitrogen and oxygen atoms in total. The van der Waals surface area contributed by atoms with Crippen LogP contribution in [0.1, 0.15) is 19.7 Å². The second-order valence-corrected chi connectivity index (χ2v) is 6.49. The Balaban J connectivity index is 1.64. The van der Waals surface area contributed by atoms with Gasteiger partial charge in [-0.05, 0) is 20.8 Å². The molecular formula is C14H23N5O2. The summed E-state index contributed by atoms with van der Waals surface area (Å²) in [7, 11) is 0. The van der Waals surface area contributed by atoms with Crippen LogP contribution < -0.4 is 0 Å². The van der Waals surface area contributed by atoms with Crippen LogP contribution in [0.15, 0.2) is 6.33 Å². The highest BCUT2D eigenvalue weighted by Crippen LogP contribution is 2.34. The summed E-state index contributed by atoms with van der Waals surface area (Å²) in [6.07, 6.45) is 1.48. The van der Waals surface area contributed by atoms with Gasteiger partial charge in [0.15, 0.2) is 0 Å². The van der Waals surface area contributed by atoms with E-state index in [0.29, 0.717) is 11.9 Å². The Morgan fingerprint density at radius 2 is 2.14 bits per heavy atom. The summed E-state index contributed by atoms with van der Waals surface area (Å²) in [6, 6.07) is 0.410. The summed E-state index contributed by atoms with van der Waals surface area (Å²) < 4.78 is 7.08. The summed E-state index contributed by atoms with van der Waals surface area (Å²) in [5, 5.41) is 4.08. The van der Waals surface area contributed by atoms with E-state index in [-0.39, 0.29) is 11.4 Å². The monoisotopic (exact) mass is 293 g/mol. The number of likely N-dealkylation sites (tertiary alicyclic amines) is 1. The zero-order valence-electron chi connectivity index (χ0n) is 12.9. The van der Waals surface area contributed by atoms with E-state index in [9.17, 15) is 4.79 Å². The Hall–Kier alpha value is -1.47. The zero-order chi connectivity index (χ0) is 15.0. The predicted molar refractivity (Wildman–Crippen MR) is 77.1 cm³/mol. The number of aromatic nitrogens is 3. The number of carbonyl (C=O) groups is 1. The van der Waals surface area contributed by atoms with E-state index >= 15 is 0 Å². The maximum Gasteiger partial charge on any atom is 0.346 e. The van der Waals surface area contributed by atoms with Crippen LogP contribution in [0.25, 0.3) is 0 Å². The van der Waals surface area contributed by atoms with Crippen LogP contribution in [-0.2, 0) is 4.74 Å². The van der Waals surface area contributed by atoms with Crippen LogP contribution in [0, 0.1) is 12.3 Å². The third kappa shape index (κ3) is 2.80. The molecule has 0 unspecified atom stereocenters. The molecule has 0 aromatic carbocycles. The summed E-state index contributed by atoms with van der Waals surface area (Å²) in [5.41, 5.74) is 0.0755.